The highest BCUT2D eigenvalue weighted by Crippen LogP contribution is 2.29. The molecule has 0 radical (unpaired) electrons. The molecule has 0 bridgehead atoms. The van der Waals surface area contributed by atoms with Gasteiger partial charge in [0, 0.05) is 23.9 Å². The fourth-order valence-electron chi connectivity index (χ4n) is 2.98. The monoisotopic (exact) mass is 350 g/mol. The van der Waals surface area contributed by atoms with Crippen LogP contribution in [-0.4, -0.2) is 17.0 Å². The van der Waals surface area contributed by atoms with E-state index in [0.29, 0.717) is 11.6 Å². The summed E-state index contributed by atoms with van der Waals surface area (Å²) in [5.74, 6) is 0.648. The molecule has 2 aromatic carbocycles. The number of carbonyl (C=O) groups excluding carboxylic acids is 1. The average molecular weight is 350 g/mol. The molecule has 3 aromatic rings. The van der Waals surface area contributed by atoms with Gasteiger partial charge in [-0.1, -0.05) is 48.0 Å². The van der Waals surface area contributed by atoms with Gasteiger partial charge in [0.15, 0.2) is 11.2 Å². The van der Waals surface area contributed by atoms with Crippen LogP contribution in [0, 0.1) is 6.92 Å². The van der Waals surface area contributed by atoms with Gasteiger partial charge in [0.05, 0.1) is 0 Å². The number of thiazole rings is 1. The fraction of sp³-hybridized carbons (Fsp3) is 0.200. The molecule has 1 atom stereocenters. The van der Waals surface area contributed by atoms with Crippen LogP contribution < -0.4 is 10.1 Å². The van der Waals surface area contributed by atoms with E-state index >= 15 is 0 Å². The maximum atomic E-state index is 12.4. The number of rotatable bonds is 4. The Hall–Kier alpha value is -2.66. The third kappa shape index (κ3) is 3.56. The Morgan fingerprint density at radius 1 is 1.28 bits per heavy atom. The van der Waals surface area contributed by atoms with Crippen molar-refractivity contribution in [1.82, 2.24) is 4.98 Å². The first-order valence-corrected chi connectivity index (χ1v) is 9.05. The van der Waals surface area contributed by atoms with E-state index in [2.05, 4.69) is 41.5 Å². The number of para-hydroxylation sites is 1. The van der Waals surface area contributed by atoms with Gasteiger partial charge in [0.1, 0.15) is 5.75 Å². The number of benzene rings is 2. The zero-order valence-electron chi connectivity index (χ0n) is 13.9. The van der Waals surface area contributed by atoms with Crippen molar-refractivity contribution in [3.8, 4) is 5.75 Å². The van der Waals surface area contributed by atoms with Gasteiger partial charge in [-0.3, -0.25) is 10.1 Å². The molecule has 1 amide bonds. The third-order valence-corrected chi connectivity index (χ3v) is 5.10. The number of nitrogens with zero attached hydrogens (tertiary/aromatic N) is 1. The topological polar surface area (TPSA) is 51.2 Å². The molecule has 2 heterocycles. The summed E-state index contributed by atoms with van der Waals surface area (Å²) in [7, 11) is 0. The van der Waals surface area contributed by atoms with Crippen LogP contribution in [-0.2, 0) is 17.6 Å². The molecule has 1 N–H and O–H groups in total. The zero-order chi connectivity index (χ0) is 17.2. The Bertz CT molecular complexity index is 894. The molecule has 1 aromatic heterocycles. The molecule has 1 aliphatic heterocycles. The lowest BCUT2D eigenvalue weighted by molar-refractivity contribution is -0.122. The molecule has 0 unspecified atom stereocenters. The van der Waals surface area contributed by atoms with Crippen molar-refractivity contribution in [3.05, 3.63) is 76.3 Å². The van der Waals surface area contributed by atoms with Gasteiger partial charge in [-0.25, -0.2) is 4.98 Å². The molecule has 25 heavy (non-hydrogen) atoms. The van der Waals surface area contributed by atoms with E-state index in [1.807, 2.05) is 30.5 Å². The number of aryl methyl sites for hydroxylation is 1. The van der Waals surface area contributed by atoms with Crippen LogP contribution in [0.5, 0.6) is 5.75 Å². The fourth-order valence-corrected chi connectivity index (χ4v) is 3.83. The van der Waals surface area contributed by atoms with Gasteiger partial charge < -0.3 is 4.74 Å². The Morgan fingerprint density at radius 3 is 3.00 bits per heavy atom. The van der Waals surface area contributed by atoms with Crippen LogP contribution in [0.4, 0.5) is 5.13 Å². The van der Waals surface area contributed by atoms with Crippen LogP contribution >= 0.6 is 11.3 Å². The molecule has 126 valence electrons. The molecule has 0 saturated carbocycles. The van der Waals surface area contributed by atoms with E-state index in [1.165, 1.54) is 22.5 Å². The highest BCUT2D eigenvalue weighted by molar-refractivity contribution is 7.15. The lowest BCUT2D eigenvalue weighted by Gasteiger charge is -2.09. The normalized spacial score (nSPS) is 15.5. The van der Waals surface area contributed by atoms with E-state index in [4.69, 9.17) is 4.74 Å². The molecule has 4 rings (SSSR count). The van der Waals surface area contributed by atoms with Gasteiger partial charge in [-0.2, -0.15) is 0 Å². The highest BCUT2D eigenvalue weighted by Gasteiger charge is 2.29. The largest absolute Gasteiger partial charge is 0.480 e. The second-order valence-electron chi connectivity index (χ2n) is 6.21. The maximum absolute atomic E-state index is 12.4. The van der Waals surface area contributed by atoms with E-state index in [-0.39, 0.29) is 5.91 Å². The Labute approximate surface area is 150 Å². The van der Waals surface area contributed by atoms with E-state index in [9.17, 15) is 4.79 Å². The summed E-state index contributed by atoms with van der Waals surface area (Å²) >= 11 is 1.51. The number of aromatic nitrogens is 1. The van der Waals surface area contributed by atoms with Gasteiger partial charge in [-0.15, -0.1) is 11.3 Å². The van der Waals surface area contributed by atoms with Gasteiger partial charge in [0.25, 0.3) is 5.91 Å². The number of hydrogen-bond acceptors (Lipinski definition) is 4. The van der Waals surface area contributed by atoms with E-state index in [0.717, 1.165) is 22.6 Å². The summed E-state index contributed by atoms with van der Waals surface area (Å²) in [5.41, 5.74) is 3.56. The number of fused-ring (bicyclic) bond motifs is 1. The van der Waals surface area contributed by atoms with Gasteiger partial charge in [-0.05, 0) is 24.1 Å². The van der Waals surface area contributed by atoms with Crippen LogP contribution in [0.25, 0.3) is 0 Å². The van der Waals surface area contributed by atoms with Crippen molar-refractivity contribution in [1.29, 1.82) is 0 Å². The quantitative estimate of drug-likeness (QED) is 0.774. The Kier molecular flexibility index (Phi) is 4.24. The molecule has 5 heteroatoms. The van der Waals surface area contributed by atoms with Crippen molar-refractivity contribution in [2.45, 2.75) is 25.9 Å². The highest BCUT2D eigenvalue weighted by atomic mass is 32.1. The first-order chi connectivity index (χ1) is 12.2. The molecule has 0 saturated heterocycles. The predicted molar refractivity (Wildman–Crippen MR) is 99.3 cm³/mol. The summed E-state index contributed by atoms with van der Waals surface area (Å²) in [4.78, 5) is 17.9. The second kappa shape index (κ2) is 6.69. The SMILES string of the molecule is Cc1cccc(Cc2cnc(NC(=O)[C@H]3Cc4ccccc4O3)s2)c1. The minimum Gasteiger partial charge on any atom is -0.480 e. The van der Waals surface area contributed by atoms with Crippen molar-refractivity contribution in [3.63, 3.8) is 0 Å². The number of carbonyl (C=O) groups is 1. The number of amides is 1. The first-order valence-electron chi connectivity index (χ1n) is 8.23. The summed E-state index contributed by atoms with van der Waals surface area (Å²) in [5, 5.41) is 3.50. The van der Waals surface area contributed by atoms with Crippen LogP contribution in [0.1, 0.15) is 21.6 Å². The number of anilines is 1. The molecule has 4 nitrogen and oxygen atoms in total. The lowest BCUT2D eigenvalue weighted by Crippen LogP contribution is -2.31. The van der Waals surface area contributed by atoms with E-state index in [1.54, 1.807) is 0 Å². The smallest absolute Gasteiger partial charge is 0.267 e. The van der Waals surface area contributed by atoms with Crippen LogP contribution in [0.15, 0.2) is 54.7 Å². The van der Waals surface area contributed by atoms with Crippen molar-refractivity contribution in [2.24, 2.45) is 0 Å². The van der Waals surface area contributed by atoms with Gasteiger partial charge >= 0.3 is 0 Å². The van der Waals surface area contributed by atoms with Crippen LogP contribution in [0.3, 0.4) is 0 Å². The maximum Gasteiger partial charge on any atom is 0.267 e. The second-order valence-corrected chi connectivity index (χ2v) is 7.32. The number of hydrogen-bond donors (Lipinski definition) is 1. The predicted octanol–water partition coefficient (Wildman–Crippen LogP) is 3.98. The summed E-state index contributed by atoms with van der Waals surface area (Å²) in [6.07, 6.45) is 2.76. The number of ether oxygens (including phenoxy) is 1. The molecule has 1 aliphatic rings. The van der Waals surface area contributed by atoms with Crippen molar-refractivity contribution < 1.29 is 9.53 Å². The van der Waals surface area contributed by atoms with Crippen molar-refractivity contribution >= 4 is 22.4 Å². The average Bonchev–Trinajstić information content (AvgIpc) is 3.21. The standard InChI is InChI=1S/C20H18N2O2S/c1-13-5-4-6-14(9-13)10-16-12-21-20(25-16)22-19(23)18-11-15-7-2-3-8-17(15)24-18/h2-9,12,18H,10-11H2,1H3,(H,21,22,23)/t18-/m1/s1. The molecular weight excluding hydrogens is 332 g/mol. The molecule has 0 spiro atoms. The zero-order valence-corrected chi connectivity index (χ0v) is 14.7. The summed E-state index contributed by atoms with van der Waals surface area (Å²) in [6.45, 7) is 2.08. The Morgan fingerprint density at radius 2 is 2.16 bits per heavy atom. The third-order valence-electron chi connectivity index (χ3n) is 4.18. The van der Waals surface area contributed by atoms with E-state index < -0.39 is 6.10 Å². The van der Waals surface area contributed by atoms with Gasteiger partial charge in [0.2, 0.25) is 0 Å². The first kappa shape index (κ1) is 15.8. The summed E-state index contributed by atoms with van der Waals surface area (Å²) < 4.78 is 5.72. The minimum absolute atomic E-state index is 0.146. The number of nitrogens with one attached hydrogen (secondary N) is 1. The Balaban J connectivity index is 1.39. The molecule has 0 aliphatic carbocycles. The summed E-state index contributed by atoms with van der Waals surface area (Å²) in [6, 6.07) is 16.2. The molecular formula is C20H18N2O2S. The molecule has 0 fully saturated rings. The minimum atomic E-state index is -0.485. The lowest BCUT2D eigenvalue weighted by atomic mass is 10.1. The van der Waals surface area contributed by atoms with Crippen molar-refractivity contribution in [2.75, 3.05) is 5.32 Å². The van der Waals surface area contributed by atoms with Crippen LogP contribution in [0.2, 0.25) is 0 Å².